The number of fused-ring (bicyclic) bond motifs is 1. The fourth-order valence-corrected chi connectivity index (χ4v) is 4.93. The topological polar surface area (TPSA) is 81.1 Å². The first-order valence-corrected chi connectivity index (χ1v) is 13.0. The number of carbonyl (C=O) groups excluding carboxylic acids is 1. The highest BCUT2D eigenvalue weighted by atomic mass is 79.9. The molecule has 0 bridgehead atoms. The van der Waals surface area contributed by atoms with Crippen molar-refractivity contribution >= 4 is 45.2 Å². The largest absolute Gasteiger partial charge is 0.494 e. The summed E-state index contributed by atoms with van der Waals surface area (Å²) >= 11 is 5.15. The number of hydrogen-bond acceptors (Lipinski definition) is 6. The second-order valence-corrected chi connectivity index (χ2v) is 10.1. The molecule has 1 aromatic heterocycles. The van der Waals surface area contributed by atoms with Crippen LogP contribution in [0.15, 0.2) is 57.3 Å². The van der Waals surface area contributed by atoms with Gasteiger partial charge in [0.15, 0.2) is 0 Å². The van der Waals surface area contributed by atoms with Crippen molar-refractivity contribution in [3.05, 3.63) is 68.8 Å². The zero-order valence-electron chi connectivity index (χ0n) is 19.9. The number of benzene rings is 2. The number of thioether (sulfide) groups is 1. The SMILES string of the molecule is CCOc1ccc(Br)cc1C1C(C(=O)Nc2cccc(C)c2C)=C(C)Nc2nc(SCC)nn21. The average molecular weight is 543 g/mol. The molecule has 178 valence electrons. The highest BCUT2D eigenvalue weighted by molar-refractivity contribution is 9.10. The predicted octanol–water partition coefficient (Wildman–Crippen LogP) is 6.10. The predicted molar refractivity (Wildman–Crippen MR) is 141 cm³/mol. The highest BCUT2D eigenvalue weighted by Crippen LogP contribution is 2.41. The number of allylic oxidation sites excluding steroid dienone is 1. The maximum atomic E-state index is 13.8. The minimum atomic E-state index is -0.515. The quantitative estimate of drug-likeness (QED) is 0.352. The van der Waals surface area contributed by atoms with Crippen molar-refractivity contribution in [1.82, 2.24) is 14.8 Å². The zero-order valence-corrected chi connectivity index (χ0v) is 22.3. The lowest BCUT2D eigenvalue weighted by Gasteiger charge is -2.30. The van der Waals surface area contributed by atoms with Crippen LogP contribution in [0.3, 0.4) is 0 Å². The lowest BCUT2D eigenvalue weighted by Crippen LogP contribution is -2.32. The van der Waals surface area contributed by atoms with Crippen molar-refractivity contribution < 1.29 is 9.53 Å². The summed E-state index contributed by atoms with van der Waals surface area (Å²) in [5.74, 6) is 1.96. The Bertz CT molecular complexity index is 1270. The first-order chi connectivity index (χ1) is 16.3. The van der Waals surface area contributed by atoms with Crippen molar-refractivity contribution in [2.24, 2.45) is 0 Å². The Balaban J connectivity index is 1.86. The molecule has 1 amide bonds. The van der Waals surface area contributed by atoms with E-state index in [0.29, 0.717) is 29.0 Å². The third kappa shape index (κ3) is 4.72. The Morgan fingerprint density at radius 3 is 2.76 bits per heavy atom. The van der Waals surface area contributed by atoms with Crippen LogP contribution in [0, 0.1) is 13.8 Å². The molecule has 1 aliphatic rings. The molecule has 1 unspecified atom stereocenters. The van der Waals surface area contributed by atoms with E-state index in [1.54, 1.807) is 16.4 Å². The number of halogens is 1. The summed E-state index contributed by atoms with van der Waals surface area (Å²) in [5, 5.41) is 11.8. The van der Waals surface area contributed by atoms with Gasteiger partial charge in [-0.1, -0.05) is 46.7 Å². The number of ether oxygens (including phenoxy) is 1. The minimum Gasteiger partial charge on any atom is -0.494 e. The molecule has 0 spiro atoms. The van der Waals surface area contributed by atoms with Crippen LogP contribution in [0.25, 0.3) is 0 Å². The van der Waals surface area contributed by atoms with Crippen molar-refractivity contribution in [3.8, 4) is 5.75 Å². The Morgan fingerprint density at radius 2 is 2.03 bits per heavy atom. The standard InChI is InChI=1S/C25H28BrN5O2S/c1-6-33-20-12-11-17(26)13-18(20)22-21(23(32)28-19-10-8-9-14(3)15(19)4)16(5)27-24-29-25(34-7-2)30-31(22)24/h8-13,22H,6-7H2,1-5H3,(H,28,32)(H,27,29,30). The van der Waals surface area contributed by atoms with E-state index < -0.39 is 6.04 Å². The highest BCUT2D eigenvalue weighted by Gasteiger charge is 2.36. The molecule has 0 saturated carbocycles. The third-order valence-corrected chi connectivity index (χ3v) is 6.98. The number of nitrogens with zero attached hydrogens (tertiary/aromatic N) is 3. The van der Waals surface area contributed by atoms with Gasteiger partial charge in [-0.15, -0.1) is 5.10 Å². The molecule has 0 aliphatic carbocycles. The molecule has 1 atom stereocenters. The number of anilines is 2. The van der Waals surface area contributed by atoms with Gasteiger partial charge in [0, 0.05) is 21.4 Å². The number of amides is 1. The van der Waals surface area contributed by atoms with Gasteiger partial charge in [-0.3, -0.25) is 4.79 Å². The lowest BCUT2D eigenvalue weighted by molar-refractivity contribution is -0.113. The number of rotatable bonds is 7. The minimum absolute atomic E-state index is 0.197. The van der Waals surface area contributed by atoms with Gasteiger partial charge >= 0.3 is 0 Å². The molecule has 3 aromatic rings. The molecule has 7 nitrogen and oxygen atoms in total. The molecular weight excluding hydrogens is 514 g/mol. The third-order valence-electron chi connectivity index (χ3n) is 5.77. The van der Waals surface area contributed by atoms with Gasteiger partial charge in [0.1, 0.15) is 11.8 Å². The molecular formula is C25H28BrN5O2S. The van der Waals surface area contributed by atoms with Crippen molar-refractivity contribution in [3.63, 3.8) is 0 Å². The summed E-state index contributed by atoms with van der Waals surface area (Å²) in [6.45, 7) is 10.4. The van der Waals surface area contributed by atoms with Gasteiger partial charge in [0.25, 0.3) is 5.91 Å². The lowest BCUT2D eigenvalue weighted by atomic mass is 9.94. The Kier molecular flexibility index (Phi) is 7.33. The molecule has 34 heavy (non-hydrogen) atoms. The van der Waals surface area contributed by atoms with Crippen LogP contribution in [-0.4, -0.2) is 33.0 Å². The van der Waals surface area contributed by atoms with E-state index in [0.717, 1.165) is 38.3 Å². The fraction of sp³-hybridized carbons (Fsp3) is 0.320. The van der Waals surface area contributed by atoms with Crippen molar-refractivity contribution in [1.29, 1.82) is 0 Å². The summed E-state index contributed by atoms with van der Waals surface area (Å²) in [6, 6.07) is 11.2. The van der Waals surface area contributed by atoms with Crippen molar-refractivity contribution in [2.75, 3.05) is 23.0 Å². The summed E-state index contributed by atoms with van der Waals surface area (Å²) in [4.78, 5) is 18.4. The van der Waals surface area contributed by atoms with E-state index in [1.165, 1.54) is 0 Å². The first-order valence-electron chi connectivity index (χ1n) is 11.2. The monoisotopic (exact) mass is 541 g/mol. The van der Waals surface area contributed by atoms with Crippen LogP contribution in [0.2, 0.25) is 0 Å². The van der Waals surface area contributed by atoms with E-state index in [2.05, 4.69) is 38.5 Å². The molecule has 0 radical (unpaired) electrons. The van der Waals surface area contributed by atoms with Gasteiger partial charge < -0.3 is 15.4 Å². The van der Waals surface area contributed by atoms with Gasteiger partial charge in [-0.2, -0.15) is 4.98 Å². The Morgan fingerprint density at radius 1 is 1.24 bits per heavy atom. The molecule has 2 N–H and O–H groups in total. The van der Waals surface area contributed by atoms with E-state index in [-0.39, 0.29) is 5.91 Å². The smallest absolute Gasteiger partial charge is 0.255 e. The number of aromatic nitrogens is 3. The van der Waals surface area contributed by atoms with Gasteiger partial charge in [0.05, 0.1) is 12.2 Å². The van der Waals surface area contributed by atoms with Crippen LogP contribution in [0.5, 0.6) is 5.75 Å². The van der Waals surface area contributed by atoms with Crippen LogP contribution < -0.4 is 15.4 Å². The van der Waals surface area contributed by atoms with Gasteiger partial charge in [-0.05, 0) is 68.8 Å². The van der Waals surface area contributed by atoms with E-state index in [1.807, 2.05) is 64.1 Å². The fourth-order valence-electron chi connectivity index (χ4n) is 4.00. The van der Waals surface area contributed by atoms with Gasteiger partial charge in [-0.25, -0.2) is 4.68 Å². The van der Waals surface area contributed by atoms with E-state index in [4.69, 9.17) is 9.84 Å². The number of hydrogen-bond donors (Lipinski definition) is 2. The Labute approximate surface area is 212 Å². The van der Waals surface area contributed by atoms with E-state index in [9.17, 15) is 4.79 Å². The second-order valence-electron chi connectivity index (χ2n) is 7.98. The summed E-state index contributed by atoms with van der Waals surface area (Å²) in [6.07, 6.45) is 0. The van der Waals surface area contributed by atoms with Crippen LogP contribution in [-0.2, 0) is 4.79 Å². The molecule has 0 fully saturated rings. The molecule has 4 rings (SSSR count). The normalized spacial score (nSPS) is 15.1. The molecule has 9 heteroatoms. The van der Waals surface area contributed by atoms with Crippen molar-refractivity contribution in [2.45, 2.75) is 45.8 Å². The molecule has 2 aromatic carbocycles. The van der Waals surface area contributed by atoms with Crippen LogP contribution in [0.4, 0.5) is 11.6 Å². The van der Waals surface area contributed by atoms with Gasteiger partial charge in [0.2, 0.25) is 11.1 Å². The zero-order chi connectivity index (χ0) is 24.4. The summed E-state index contributed by atoms with van der Waals surface area (Å²) in [7, 11) is 0. The van der Waals surface area contributed by atoms with E-state index >= 15 is 0 Å². The maximum absolute atomic E-state index is 13.8. The second kappa shape index (κ2) is 10.2. The molecule has 0 saturated heterocycles. The number of carbonyl (C=O) groups is 1. The summed E-state index contributed by atoms with van der Waals surface area (Å²) in [5.41, 5.74) is 5.06. The average Bonchev–Trinajstić information content (AvgIpc) is 3.19. The Hall–Kier alpha value is -2.78. The molecule has 2 heterocycles. The molecule has 1 aliphatic heterocycles. The number of nitrogens with one attached hydrogen (secondary N) is 2. The number of aryl methyl sites for hydroxylation is 1. The van der Waals surface area contributed by atoms with Crippen LogP contribution >= 0.6 is 27.7 Å². The first kappa shape index (κ1) is 24.3. The summed E-state index contributed by atoms with van der Waals surface area (Å²) < 4.78 is 8.64. The van der Waals surface area contributed by atoms with Crippen LogP contribution in [0.1, 0.15) is 43.5 Å². The maximum Gasteiger partial charge on any atom is 0.255 e.